The number of ether oxygens (including phenoxy) is 1. The van der Waals surface area contributed by atoms with Crippen LogP contribution in [0.25, 0.3) is 0 Å². The number of benzene rings is 1. The molecule has 1 fully saturated rings. The molecule has 0 aromatic heterocycles. The van der Waals surface area contributed by atoms with Crippen molar-refractivity contribution in [3.63, 3.8) is 0 Å². The van der Waals surface area contributed by atoms with E-state index in [4.69, 9.17) is 10.5 Å². The highest BCUT2D eigenvalue weighted by Crippen LogP contribution is 2.29. The molecule has 6 heteroatoms. The second-order valence-electron chi connectivity index (χ2n) is 4.55. The van der Waals surface area contributed by atoms with Crippen molar-refractivity contribution in [1.29, 1.82) is 0 Å². The standard InChI is InChI=1S/C12H18N2O3S/c1-10-8-14(18(15,16)9-10)11-3-2-4-12(7-11)17-6-5-13/h2-4,7,10H,5-6,8-9,13H2,1H3. The number of nitrogens with zero attached hydrogens (tertiary/aromatic N) is 1. The first-order valence-electron chi connectivity index (χ1n) is 5.96. The number of anilines is 1. The van der Waals surface area contributed by atoms with Crippen LogP contribution in [0.3, 0.4) is 0 Å². The molecule has 0 saturated carbocycles. The van der Waals surface area contributed by atoms with Gasteiger partial charge >= 0.3 is 0 Å². The minimum absolute atomic E-state index is 0.156. The molecule has 1 atom stereocenters. The second-order valence-corrected chi connectivity index (χ2v) is 6.49. The van der Waals surface area contributed by atoms with Gasteiger partial charge in [-0.05, 0) is 18.1 Å². The molecule has 1 aliphatic rings. The van der Waals surface area contributed by atoms with E-state index in [9.17, 15) is 8.42 Å². The minimum atomic E-state index is -3.17. The topological polar surface area (TPSA) is 72.6 Å². The molecule has 100 valence electrons. The molecule has 0 amide bonds. The van der Waals surface area contributed by atoms with E-state index in [1.165, 1.54) is 4.31 Å². The summed E-state index contributed by atoms with van der Waals surface area (Å²) in [5.74, 6) is 1.01. The zero-order chi connectivity index (χ0) is 13.2. The quantitative estimate of drug-likeness (QED) is 0.878. The van der Waals surface area contributed by atoms with E-state index in [1.807, 2.05) is 6.92 Å². The Hall–Kier alpha value is -1.27. The minimum Gasteiger partial charge on any atom is -0.492 e. The molecule has 0 spiro atoms. The number of sulfonamides is 1. The average Bonchev–Trinajstić information content (AvgIpc) is 2.60. The van der Waals surface area contributed by atoms with Crippen molar-refractivity contribution in [2.24, 2.45) is 11.7 Å². The lowest BCUT2D eigenvalue weighted by molar-refractivity contribution is 0.328. The molecule has 1 aromatic rings. The molecule has 1 aromatic carbocycles. The fraction of sp³-hybridized carbons (Fsp3) is 0.500. The van der Waals surface area contributed by atoms with E-state index < -0.39 is 10.0 Å². The highest BCUT2D eigenvalue weighted by atomic mass is 32.2. The van der Waals surface area contributed by atoms with Crippen molar-refractivity contribution in [3.05, 3.63) is 24.3 Å². The van der Waals surface area contributed by atoms with Crippen molar-refractivity contribution < 1.29 is 13.2 Å². The summed E-state index contributed by atoms with van der Waals surface area (Å²) in [5.41, 5.74) is 6.03. The van der Waals surface area contributed by atoms with E-state index in [0.29, 0.717) is 31.1 Å². The predicted octanol–water partition coefficient (Wildman–Crippen LogP) is 0.810. The molecule has 2 N–H and O–H groups in total. The molecule has 0 aliphatic carbocycles. The molecule has 0 radical (unpaired) electrons. The van der Waals surface area contributed by atoms with Crippen LogP contribution in [0.2, 0.25) is 0 Å². The van der Waals surface area contributed by atoms with E-state index in [1.54, 1.807) is 24.3 Å². The van der Waals surface area contributed by atoms with Crippen LogP contribution in [0.15, 0.2) is 24.3 Å². The van der Waals surface area contributed by atoms with Crippen molar-refractivity contribution in [2.75, 3.05) is 29.8 Å². The largest absolute Gasteiger partial charge is 0.492 e. The predicted molar refractivity (Wildman–Crippen MR) is 71.3 cm³/mol. The second kappa shape index (κ2) is 5.16. The van der Waals surface area contributed by atoms with Crippen LogP contribution in [-0.2, 0) is 10.0 Å². The molecule has 2 rings (SSSR count). The first-order valence-corrected chi connectivity index (χ1v) is 7.57. The molecule has 1 aliphatic heterocycles. The first-order chi connectivity index (χ1) is 8.53. The van der Waals surface area contributed by atoms with Gasteiger partial charge in [0.15, 0.2) is 0 Å². The summed E-state index contributed by atoms with van der Waals surface area (Å²) >= 11 is 0. The van der Waals surface area contributed by atoms with Gasteiger partial charge in [-0.15, -0.1) is 0 Å². The van der Waals surface area contributed by atoms with Gasteiger partial charge in [0.25, 0.3) is 0 Å². The maximum absolute atomic E-state index is 12.0. The number of hydrogen-bond donors (Lipinski definition) is 1. The summed E-state index contributed by atoms with van der Waals surface area (Å²) in [4.78, 5) is 0. The third kappa shape index (κ3) is 2.76. The molecule has 1 heterocycles. The van der Waals surface area contributed by atoms with Crippen LogP contribution in [0, 0.1) is 5.92 Å². The molecule has 1 unspecified atom stereocenters. The van der Waals surface area contributed by atoms with Gasteiger partial charge in [0.1, 0.15) is 12.4 Å². The Balaban J connectivity index is 2.23. The average molecular weight is 270 g/mol. The van der Waals surface area contributed by atoms with Crippen LogP contribution >= 0.6 is 0 Å². The Morgan fingerprint density at radius 2 is 2.28 bits per heavy atom. The van der Waals surface area contributed by atoms with Gasteiger partial charge in [0.05, 0.1) is 11.4 Å². The van der Waals surface area contributed by atoms with Gasteiger partial charge in [-0.25, -0.2) is 8.42 Å². The number of hydrogen-bond acceptors (Lipinski definition) is 4. The normalized spacial score (nSPS) is 22.1. The van der Waals surface area contributed by atoms with Gasteiger partial charge in [-0.3, -0.25) is 4.31 Å². The van der Waals surface area contributed by atoms with Crippen molar-refractivity contribution in [2.45, 2.75) is 6.92 Å². The van der Waals surface area contributed by atoms with Gasteiger partial charge < -0.3 is 10.5 Å². The Morgan fingerprint density at radius 1 is 1.50 bits per heavy atom. The zero-order valence-electron chi connectivity index (χ0n) is 10.4. The van der Waals surface area contributed by atoms with Gasteiger partial charge in [-0.1, -0.05) is 13.0 Å². The van der Waals surface area contributed by atoms with E-state index >= 15 is 0 Å². The third-order valence-corrected chi connectivity index (χ3v) is 4.82. The SMILES string of the molecule is CC1CN(c2cccc(OCCN)c2)S(=O)(=O)C1. The summed E-state index contributed by atoms with van der Waals surface area (Å²) in [6.07, 6.45) is 0. The fourth-order valence-corrected chi connectivity index (χ4v) is 3.99. The summed E-state index contributed by atoms with van der Waals surface area (Å²) in [7, 11) is -3.17. The lowest BCUT2D eigenvalue weighted by Crippen LogP contribution is -2.25. The Kier molecular flexibility index (Phi) is 3.77. The molecule has 0 bridgehead atoms. The molecular formula is C12H18N2O3S. The Labute approximate surface area is 108 Å². The van der Waals surface area contributed by atoms with Gasteiger partial charge in [-0.2, -0.15) is 0 Å². The zero-order valence-corrected chi connectivity index (χ0v) is 11.2. The van der Waals surface area contributed by atoms with Crippen LogP contribution in [0.5, 0.6) is 5.75 Å². The molecule has 5 nitrogen and oxygen atoms in total. The molecular weight excluding hydrogens is 252 g/mol. The Morgan fingerprint density at radius 3 is 2.89 bits per heavy atom. The summed E-state index contributed by atoms with van der Waals surface area (Å²) in [6, 6.07) is 7.11. The monoisotopic (exact) mass is 270 g/mol. The lowest BCUT2D eigenvalue weighted by Gasteiger charge is -2.18. The smallest absolute Gasteiger partial charge is 0.235 e. The van der Waals surface area contributed by atoms with Crippen LogP contribution in [0.4, 0.5) is 5.69 Å². The first kappa shape index (κ1) is 13.2. The van der Waals surface area contributed by atoms with Crippen molar-refractivity contribution in [3.8, 4) is 5.75 Å². The van der Waals surface area contributed by atoms with Crippen LogP contribution in [0.1, 0.15) is 6.92 Å². The summed E-state index contributed by atoms with van der Waals surface area (Å²) in [6.45, 7) is 3.32. The summed E-state index contributed by atoms with van der Waals surface area (Å²) < 4.78 is 30.8. The van der Waals surface area contributed by atoms with Crippen molar-refractivity contribution >= 4 is 15.7 Å². The van der Waals surface area contributed by atoms with Crippen LogP contribution in [-0.4, -0.2) is 33.9 Å². The Bertz CT molecular complexity index is 516. The van der Waals surface area contributed by atoms with E-state index in [0.717, 1.165) is 0 Å². The molecule has 18 heavy (non-hydrogen) atoms. The number of rotatable bonds is 4. The van der Waals surface area contributed by atoms with E-state index in [-0.39, 0.29) is 11.7 Å². The van der Waals surface area contributed by atoms with E-state index in [2.05, 4.69) is 0 Å². The van der Waals surface area contributed by atoms with Crippen LogP contribution < -0.4 is 14.8 Å². The summed E-state index contributed by atoms with van der Waals surface area (Å²) in [5, 5.41) is 0. The maximum Gasteiger partial charge on any atom is 0.235 e. The number of nitrogens with two attached hydrogens (primary N) is 1. The molecule has 1 saturated heterocycles. The maximum atomic E-state index is 12.0. The lowest BCUT2D eigenvalue weighted by atomic mass is 10.2. The van der Waals surface area contributed by atoms with Gasteiger partial charge in [0, 0.05) is 19.2 Å². The highest BCUT2D eigenvalue weighted by molar-refractivity contribution is 7.93. The highest BCUT2D eigenvalue weighted by Gasteiger charge is 2.33. The van der Waals surface area contributed by atoms with Crippen molar-refractivity contribution in [1.82, 2.24) is 0 Å². The third-order valence-electron chi connectivity index (χ3n) is 2.80. The fourth-order valence-electron chi connectivity index (χ4n) is 2.07. The van der Waals surface area contributed by atoms with Gasteiger partial charge in [0.2, 0.25) is 10.0 Å².